The molecule has 4 rings (SSSR count). The van der Waals surface area contributed by atoms with Crippen molar-refractivity contribution < 1.29 is 9.21 Å². The number of hydrogen-bond donors (Lipinski definition) is 1. The van der Waals surface area contributed by atoms with E-state index in [2.05, 4.69) is 25.6 Å². The highest BCUT2D eigenvalue weighted by Gasteiger charge is 2.29. The van der Waals surface area contributed by atoms with E-state index in [1.165, 1.54) is 4.68 Å². The smallest absolute Gasteiger partial charge is 0.291 e. The van der Waals surface area contributed by atoms with Gasteiger partial charge in [-0.25, -0.2) is 9.67 Å². The molecule has 10 heteroatoms. The number of aromatic nitrogens is 5. The molecule has 0 aliphatic heterocycles. The summed E-state index contributed by atoms with van der Waals surface area (Å²) >= 11 is 12.4. The van der Waals surface area contributed by atoms with Crippen LogP contribution in [0.5, 0.6) is 0 Å². The average molecular weight is 393 g/mol. The van der Waals surface area contributed by atoms with Crippen molar-refractivity contribution in [1.82, 2.24) is 30.3 Å². The molecule has 26 heavy (non-hydrogen) atoms. The van der Waals surface area contributed by atoms with Gasteiger partial charge in [-0.15, -0.1) is 15.3 Å². The molecule has 1 aliphatic carbocycles. The Morgan fingerprint density at radius 1 is 1.31 bits per heavy atom. The monoisotopic (exact) mass is 392 g/mol. The van der Waals surface area contributed by atoms with Crippen molar-refractivity contribution in [3.8, 4) is 5.69 Å². The van der Waals surface area contributed by atoms with Crippen molar-refractivity contribution in [1.29, 1.82) is 0 Å². The third kappa shape index (κ3) is 3.30. The van der Waals surface area contributed by atoms with Crippen molar-refractivity contribution in [2.75, 3.05) is 0 Å². The molecule has 1 N–H and O–H groups in total. The number of rotatable bonds is 5. The zero-order valence-electron chi connectivity index (χ0n) is 13.7. The Labute approximate surface area is 158 Å². The van der Waals surface area contributed by atoms with Crippen LogP contribution in [0.2, 0.25) is 10.0 Å². The number of benzene rings is 1. The summed E-state index contributed by atoms with van der Waals surface area (Å²) in [4.78, 5) is 16.5. The highest BCUT2D eigenvalue weighted by atomic mass is 35.5. The molecule has 134 valence electrons. The SMILES string of the molecule is Cc1nc(C(=O)NCc2nnc(C3CC3)o2)nn1-c1c(Cl)cccc1Cl. The maximum Gasteiger partial charge on any atom is 0.291 e. The van der Waals surface area contributed by atoms with Crippen LogP contribution in [0.25, 0.3) is 5.69 Å². The quantitative estimate of drug-likeness (QED) is 0.715. The minimum Gasteiger partial charge on any atom is -0.423 e. The first-order chi connectivity index (χ1) is 12.5. The fourth-order valence-electron chi connectivity index (χ4n) is 2.46. The maximum atomic E-state index is 12.3. The zero-order chi connectivity index (χ0) is 18.3. The topological polar surface area (TPSA) is 98.7 Å². The van der Waals surface area contributed by atoms with Crippen LogP contribution in [0, 0.1) is 6.92 Å². The number of para-hydroxylation sites is 1. The molecular formula is C16H14Cl2N6O2. The molecule has 1 fully saturated rings. The van der Waals surface area contributed by atoms with Crippen LogP contribution in [-0.4, -0.2) is 30.9 Å². The number of amides is 1. The summed E-state index contributed by atoms with van der Waals surface area (Å²) in [6, 6.07) is 5.11. The van der Waals surface area contributed by atoms with Gasteiger partial charge in [0.15, 0.2) is 0 Å². The second-order valence-corrected chi connectivity index (χ2v) is 6.77. The van der Waals surface area contributed by atoms with Gasteiger partial charge in [-0.3, -0.25) is 4.79 Å². The number of nitrogens with zero attached hydrogens (tertiary/aromatic N) is 5. The Balaban J connectivity index is 1.50. The van der Waals surface area contributed by atoms with E-state index in [4.69, 9.17) is 27.6 Å². The lowest BCUT2D eigenvalue weighted by molar-refractivity contribution is 0.0936. The molecule has 0 spiro atoms. The van der Waals surface area contributed by atoms with Crippen LogP contribution in [0.15, 0.2) is 22.6 Å². The van der Waals surface area contributed by atoms with Crippen LogP contribution in [0.4, 0.5) is 0 Å². The van der Waals surface area contributed by atoms with Crippen LogP contribution in [0.1, 0.15) is 47.0 Å². The fourth-order valence-corrected chi connectivity index (χ4v) is 3.02. The summed E-state index contributed by atoms with van der Waals surface area (Å²) in [5.74, 6) is 1.37. The lowest BCUT2D eigenvalue weighted by atomic mass is 10.3. The lowest BCUT2D eigenvalue weighted by Gasteiger charge is -2.07. The molecule has 1 saturated carbocycles. The zero-order valence-corrected chi connectivity index (χ0v) is 15.3. The van der Waals surface area contributed by atoms with Crippen LogP contribution >= 0.6 is 23.2 Å². The Bertz CT molecular complexity index is 959. The van der Waals surface area contributed by atoms with E-state index in [9.17, 15) is 4.79 Å². The first-order valence-corrected chi connectivity index (χ1v) is 8.77. The number of aryl methyl sites for hydroxylation is 1. The van der Waals surface area contributed by atoms with Gasteiger partial charge in [-0.1, -0.05) is 29.3 Å². The van der Waals surface area contributed by atoms with Gasteiger partial charge < -0.3 is 9.73 Å². The predicted octanol–water partition coefficient (Wildman–Crippen LogP) is 3.07. The Morgan fingerprint density at radius 3 is 2.73 bits per heavy atom. The normalized spacial score (nSPS) is 13.8. The molecule has 2 heterocycles. The summed E-state index contributed by atoms with van der Waals surface area (Å²) in [7, 11) is 0. The van der Waals surface area contributed by atoms with Crippen molar-refractivity contribution in [3.05, 3.63) is 51.7 Å². The second kappa shape index (κ2) is 6.69. The van der Waals surface area contributed by atoms with Gasteiger partial charge in [0, 0.05) is 5.92 Å². The van der Waals surface area contributed by atoms with Crippen LogP contribution < -0.4 is 5.32 Å². The highest BCUT2D eigenvalue weighted by molar-refractivity contribution is 6.37. The Hall–Kier alpha value is -2.45. The molecule has 1 aromatic carbocycles. The van der Waals surface area contributed by atoms with Crippen LogP contribution in [-0.2, 0) is 6.54 Å². The average Bonchev–Trinajstić information content (AvgIpc) is 3.23. The van der Waals surface area contributed by atoms with E-state index >= 15 is 0 Å². The summed E-state index contributed by atoms with van der Waals surface area (Å²) in [5.41, 5.74) is 0.478. The molecule has 3 aromatic rings. The Kier molecular flexibility index (Phi) is 4.37. The molecule has 0 saturated heterocycles. The number of carbonyl (C=O) groups is 1. The lowest BCUT2D eigenvalue weighted by Crippen LogP contribution is -2.24. The van der Waals surface area contributed by atoms with E-state index in [0.29, 0.717) is 39.3 Å². The predicted molar refractivity (Wildman–Crippen MR) is 93.6 cm³/mol. The van der Waals surface area contributed by atoms with Gasteiger partial charge in [0.1, 0.15) is 11.5 Å². The number of carbonyl (C=O) groups excluding carboxylic acids is 1. The summed E-state index contributed by atoms with van der Waals surface area (Å²) in [5, 5.41) is 15.6. The van der Waals surface area contributed by atoms with Crippen molar-refractivity contribution in [2.24, 2.45) is 0 Å². The third-order valence-corrected chi connectivity index (χ3v) is 4.54. The van der Waals surface area contributed by atoms with E-state index in [1.54, 1.807) is 25.1 Å². The summed E-state index contributed by atoms with van der Waals surface area (Å²) < 4.78 is 6.95. The van der Waals surface area contributed by atoms with Gasteiger partial charge in [0.25, 0.3) is 5.91 Å². The minimum absolute atomic E-state index is 0.000387. The van der Waals surface area contributed by atoms with Gasteiger partial charge in [0.2, 0.25) is 17.6 Å². The molecule has 8 nitrogen and oxygen atoms in total. The minimum atomic E-state index is -0.457. The number of halogens is 2. The molecule has 0 bridgehead atoms. The standard InChI is InChI=1S/C16H14Cl2N6O2/c1-8-20-14(23-24(8)13-10(17)3-2-4-11(13)18)15(25)19-7-12-21-22-16(26-12)9-5-6-9/h2-4,9H,5-7H2,1H3,(H,19,25). The van der Waals surface area contributed by atoms with Gasteiger partial charge in [-0.05, 0) is 31.9 Å². The van der Waals surface area contributed by atoms with Gasteiger partial charge >= 0.3 is 0 Å². The Morgan fingerprint density at radius 2 is 2.04 bits per heavy atom. The largest absolute Gasteiger partial charge is 0.423 e. The van der Waals surface area contributed by atoms with E-state index in [0.717, 1.165) is 12.8 Å². The molecular weight excluding hydrogens is 379 g/mol. The maximum absolute atomic E-state index is 12.3. The number of hydrogen-bond acceptors (Lipinski definition) is 6. The van der Waals surface area contributed by atoms with E-state index < -0.39 is 5.91 Å². The highest BCUT2D eigenvalue weighted by Crippen LogP contribution is 2.38. The first-order valence-electron chi connectivity index (χ1n) is 8.01. The number of nitrogens with one attached hydrogen (secondary N) is 1. The summed E-state index contributed by atoms with van der Waals surface area (Å²) in [6.45, 7) is 1.82. The second-order valence-electron chi connectivity index (χ2n) is 5.96. The summed E-state index contributed by atoms with van der Waals surface area (Å²) in [6.07, 6.45) is 2.14. The third-order valence-electron chi connectivity index (χ3n) is 3.93. The van der Waals surface area contributed by atoms with E-state index in [1.807, 2.05) is 0 Å². The van der Waals surface area contributed by atoms with Gasteiger partial charge in [-0.2, -0.15) is 0 Å². The molecule has 1 amide bonds. The molecule has 0 unspecified atom stereocenters. The van der Waals surface area contributed by atoms with Gasteiger partial charge in [0.05, 0.1) is 16.6 Å². The fraction of sp³-hybridized carbons (Fsp3) is 0.312. The van der Waals surface area contributed by atoms with Crippen LogP contribution in [0.3, 0.4) is 0 Å². The molecule has 2 aromatic heterocycles. The molecule has 1 aliphatic rings. The van der Waals surface area contributed by atoms with E-state index in [-0.39, 0.29) is 12.4 Å². The van der Waals surface area contributed by atoms with Crippen molar-refractivity contribution in [2.45, 2.75) is 32.2 Å². The first kappa shape index (κ1) is 17.0. The molecule has 0 radical (unpaired) electrons. The molecule has 0 atom stereocenters. The van der Waals surface area contributed by atoms with Crippen molar-refractivity contribution in [3.63, 3.8) is 0 Å². The van der Waals surface area contributed by atoms with Crippen molar-refractivity contribution >= 4 is 29.1 Å².